The molecule has 1 aliphatic rings. The fourth-order valence-corrected chi connectivity index (χ4v) is 4.81. The van der Waals surface area contributed by atoms with Gasteiger partial charge in [0.1, 0.15) is 0 Å². The number of carbonyl (C=O) groups is 1. The number of nitrogens with two attached hydrogens (primary N) is 1. The summed E-state index contributed by atoms with van der Waals surface area (Å²) in [6.07, 6.45) is 1.31. The van der Waals surface area contributed by atoms with Crippen LogP contribution >= 0.6 is 0 Å². The Kier molecular flexibility index (Phi) is 6.34. The summed E-state index contributed by atoms with van der Waals surface area (Å²) in [6, 6.07) is 12.4. The first-order chi connectivity index (χ1) is 17.3. The highest BCUT2D eigenvalue weighted by Crippen LogP contribution is 2.38. The number of aryl methyl sites for hydroxylation is 1. The summed E-state index contributed by atoms with van der Waals surface area (Å²) in [7, 11) is 0. The van der Waals surface area contributed by atoms with E-state index in [1.807, 2.05) is 28.8 Å². The molecular formula is C26H25F3N6O. The zero-order valence-electron chi connectivity index (χ0n) is 19.4. The summed E-state index contributed by atoms with van der Waals surface area (Å²) in [6.45, 7) is 1.01. The molecule has 1 fully saturated rings. The van der Waals surface area contributed by atoms with Gasteiger partial charge in [0.15, 0.2) is 0 Å². The van der Waals surface area contributed by atoms with Crippen LogP contribution in [0.2, 0.25) is 0 Å². The third-order valence-electron chi connectivity index (χ3n) is 6.57. The number of rotatable bonds is 5. The Morgan fingerprint density at radius 3 is 2.75 bits per heavy atom. The largest absolute Gasteiger partial charge is 0.416 e. The van der Waals surface area contributed by atoms with Gasteiger partial charge in [0.05, 0.1) is 34.7 Å². The van der Waals surface area contributed by atoms with Crippen molar-refractivity contribution in [2.45, 2.75) is 44.4 Å². The lowest BCUT2D eigenvalue weighted by atomic mass is 9.93. The molecule has 5 rings (SSSR count). The summed E-state index contributed by atoms with van der Waals surface area (Å²) in [5.74, 6) is -0.0340. The molecule has 1 unspecified atom stereocenters. The smallest absolute Gasteiger partial charge is 0.368 e. The minimum Gasteiger partial charge on any atom is -0.368 e. The molecule has 7 nitrogen and oxygen atoms in total. The highest BCUT2D eigenvalue weighted by atomic mass is 19.4. The van der Waals surface area contributed by atoms with E-state index >= 15 is 0 Å². The van der Waals surface area contributed by atoms with Crippen molar-refractivity contribution in [3.8, 4) is 11.1 Å². The van der Waals surface area contributed by atoms with Crippen LogP contribution in [-0.2, 0) is 17.5 Å². The van der Waals surface area contributed by atoms with Gasteiger partial charge in [0.25, 0.3) is 0 Å². The molecule has 1 amide bonds. The standard InChI is InChI=1S/C26H25F3N6O/c27-26(28,29)18-7-5-6-17(14-18)19-15-31-25(30)33-24(19)22-10-3-4-12-35(22)23(36)11-13-34-16-32-20-8-1-2-9-21(20)34/h1-2,5-9,14-16,22H,3-4,10-13H2,(H2,30,31,33). The number of hydrogen-bond donors (Lipinski definition) is 1. The van der Waals surface area contributed by atoms with Crippen LogP contribution in [0.25, 0.3) is 22.2 Å². The number of nitrogen functional groups attached to an aromatic ring is 1. The minimum absolute atomic E-state index is 0.0172. The van der Waals surface area contributed by atoms with Crippen molar-refractivity contribution in [1.29, 1.82) is 0 Å². The number of carbonyl (C=O) groups excluding carboxylic acids is 1. The number of aromatic nitrogens is 4. The van der Waals surface area contributed by atoms with Gasteiger partial charge in [-0.15, -0.1) is 0 Å². The lowest BCUT2D eigenvalue weighted by molar-refractivity contribution is -0.137. The van der Waals surface area contributed by atoms with Gasteiger partial charge in [-0.05, 0) is 49.1 Å². The average molecular weight is 495 g/mol. The first-order valence-corrected chi connectivity index (χ1v) is 11.8. The molecule has 36 heavy (non-hydrogen) atoms. The first-order valence-electron chi connectivity index (χ1n) is 11.8. The van der Waals surface area contributed by atoms with E-state index in [2.05, 4.69) is 15.0 Å². The molecule has 2 aromatic carbocycles. The van der Waals surface area contributed by atoms with E-state index < -0.39 is 17.8 Å². The molecule has 1 aliphatic heterocycles. The topological polar surface area (TPSA) is 89.9 Å². The molecule has 2 N–H and O–H groups in total. The predicted octanol–water partition coefficient (Wildman–Crippen LogP) is 5.24. The number of amides is 1. The third kappa shape index (κ3) is 4.75. The summed E-state index contributed by atoms with van der Waals surface area (Å²) in [5, 5.41) is 0. The van der Waals surface area contributed by atoms with Crippen LogP contribution in [-0.4, -0.2) is 36.9 Å². The fourth-order valence-electron chi connectivity index (χ4n) is 4.81. The maximum absolute atomic E-state index is 13.4. The number of likely N-dealkylation sites (tertiary alicyclic amines) is 1. The molecule has 0 aliphatic carbocycles. The molecule has 4 aromatic rings. The molecule has 1 atom stereocenters. The van der Waals surface area contributed by atoms with Gasteiger partial charge >= 0.3 is 6.18 Å². The predicted molar refractivity (Wildman–Crippen MR) is 130 cm³/mol. The number of nitrogens with zero attached hydrogens (tertiary/aromatic N) is 5. The van der Waals surface area contributed by atoms with Gasteiger partial charge < -0.3 is 15.2 Å². The van der Waals surface area contributed by atoms with E-state index in [4.69, 9.17) is 5.73 Å². The Morgan fingerprint density at radius 2 is 1.92 bits per heavy atom. The summed E-state index contributed by atoms with van der Waals surface area (Å²) in [4.78, 5) is 28.0. The summed E-state index contributed by atoms with van der Waals surface area (Å²) < 4.78 is 42.0. The second-order valence-corrected chi connectivity index (χ2v) is 8.88. The van der Waals surface area contributed by atoms with Gasteiger partial charge in [-0.25, -0.2) is 15.0 Å². The van der Waals surface area contributed by atoms with Crippen LogP contribution < -0.4 is 5.73 Å². The number of piperidine rings is 1. The second-order valence-electron chi connectivity index (χ2n) is 8.88. The number of para-hydroxylation sites is 2. The van der Waals surface area contributed by atoms with Crippen molar-refractivity contribution < 1.29 is 18.0 Å². The highest BCUT2D eigenvalue weighted by molar-refractivity contribution is 5.79. The van der Waals surface area contributed by atoms with Crippen LogP contribution in [0.5, 0.6) is 0 Å². The van der Waals surface area contributed by atoms with Gasteiger partial charge in [-0.3, -0.25) is 4.79 Å². The van der Waals surface area contributed by atoms with Crippen LogP contribution in [0, 0.1) is 0 Å². The number of halogens is 3. The van der Waals surface area contributed by atoms with Crippen LogP contribution in [0.1, 0.15) is 43.0 Å². The zero-order valence-corrected chi connectivity index (χ0v) is 19.4. The quantitative estimate of drug-likeness (QED) is 0.410. The van der Waals surface area contributed by atoms with Gasteiger partial charge in [0, 0.05) is 31.3 Å². The molecule has 0 radical (unpaired) electrons. The van der Waals surface area contributed by atoms with Crippen molar-refractivity contribution >= 4 is 22.9 Å². The van der Waals surface area contributed by atoms with E-state index in [1.165, 1.54) is 12.3 Å². The maximum Gasteiger partial charge on any atom is 0.416 e. The van der Waals surface area contributed by atoms with E-state index in [0.29, 0.717) is 36.3 Å². The van der Waals surface area contributed by atoms with Crippen molar-refractivity contribution in [3.63, 3.8) is 0 Å². The lowest BCUT2D eigenvalue weighted by Crippen LogP contribution is -2.39. The van der Waals surface area contributed by atoms with Crippen LogP contribution in [0.3, 0.4) is 0 Å². The highest BCUT2D eigenvalue weighted by Gasteiger charge is 2.33. The zero-order chi connectivity index (χ0) is 25.3. The van der Waals surface area contributed by atoms with Gasteiger partial charge in [-0.1, -0.05) is 24.3 Å². The first kappa shape index (κ1) is 23.8. The number of fused-ring (bicyclic) bond motifs is 1. The van der Waals surface area contributed by atoms with Crippen LogP contribution in [0.15, 0.2) is 61.1 Å². The Balaban J connectivity index is 1.44. The summed E-state index contributed by atoms with van der Waals surface area (Å²) in [5.41, 5.74) is 8.21. The van der Waals surface area contributed by atoms with E-state index in [1.54, 1.807) is 17.3 Å². The molecule has 0 spiro atoms. The molecule has 10 heteroatoms. The number of alkyl halides is 3. The molecule has 1 saturated heterocycles. The van der Waals surface area contributed by atoms with E-state index in [-0.39, 0.29) is 18.3 Å². The molecule has 186 valence electrons. The van der Waals surface area contributed by atoms with Crippen molar-refractivity contribution in [2.75, 3.05) is 12.3 Å². The third-order valence-corrected chi connectivity index (χ3v) is 6.57. The number of imidazole rings is 1. The molecule has 0 saturated carbocycles. The minimum atomic E-state index is -4.48. The van der Waals surface area contributed by atoms with Crippen molar-refractivity contribution in [1.82, 2.24) is 24.4 Å². The number of benzene rings is 2. The lowest BCUT2D eigenvalue weighted by Gasteiger charge is -2.36. The van der Waals surface area contributed by atoms with Gasteiger partial charge in [0.2, 0.25) is 11.9 Å². The number of hydrogen-bond acceptors (Lipinski definition) is 5. The Hall–Kier alpha value is -3.95. The maximum atomic E-state index is 13.4. The molecule has 0 bridgehead atoms. The van der Waals surface area contributed by atoms with Gasteiger partial charge in [-0.2, -0.15) is 13.2 Å². The number of anilines is 1. The summed E-state index contributed by atoms with van der Waals surface area (Å²) >= 11 is 0. The SMILES string of the molecule is Nc1ncc(-c2cccc(C(F)(F)F)c2)c(C2CCCCN2C(=O)CCn2cnc3ccccc32)n1. The average Bonchev–Trinajstić information content (AvgIpc) is 3.30. The Bertz CT molecular complexity index is 1400. The molecule has 3 heterocycles. The Labute approximate surface area is 205 Å². The molecular weight excluding hydrogens is 469 g/mol. The second kappa shape index (κ2) is 9.60. The van der Waals surface area contributed by atoms with Crippen LogP contribution in [0.4, 0.5) is 19.1 Å². The Morgan fingerprint density at radius 1 is 1.08 bits per heavy atom. The molecule has 2 aromatic heterocycles. The fraction of sp³-hybridized carbons (Fsp3) is 0.308. The monoisotopic (exact) mass is 494 g/mol. The van der Waals surface area contributed by atoms with E-state index in [9.17, 15) is 18.0 Å². The van der Waals surface area contributed by atoms with Crippen molar-refractivity contribution in [3.05, 3.63) is 72.3 Å². The van der Waals surface area contributed by atoms with Crippen molar-refractivity contribution in [2.24, 2.45) is 0 Å². The van der Waals surface area contributed by atoms with E-state index in [0.717, 1.165) is 36.0 Å². The normalized spacial score (nSPS) is 16.4.